The molecule has 1 aliphatic rings. The molecule has 8 heteroatoms. The lowest BCUT2D eigenvalue weighted by Crippen LogP contribution is -2.38. The number of halogens is 1. The van der Waals surface area contributed by atoms with Gasteiger partial charge in [0.05, 0.1) is 11.9 Å². The van der Waals surface area contributed by atoms with Crippen molar-refractivity contribution in [1.29, 1.82) is 0 Å². The number of hydrogen-bond donors (Lipinski definition) is 3. The number of carbonyl (C=O) groups is 2. The van der Waals surface area contributed by atoms with Gasteiger partial charge in [-0.15, -0.1) is 0 Å². The second-order valence-corrected chi connectivity index (χ2v) is 4.36. The first kappa shape index (κ1) is 13.4. The summed E-state index contributed by atoms with van der Waals surface area (Å²) in [4.78, 5) is 28.3. The van der Waals surface area contributed by atoms with Crippen molar-refractivity contribution >= 4 is 29.4 Å². The zero-order valence-corrected chi connectivity index (χ0v) is 10.9. The molecule has 3 N–H and O–H groups in total. The minimum Gasteiger partial charge on any atom is -0.336 e. The highest BCUT2D eigenvalue weighted by molar-refractivity contribution is 6.29. The van der Waals surface area contributed by atoms with Gasteiger partial charge in [-0.1, -0.05) is 11.6 Å². The summed E-state index contributed by atoms with van der Waals surface area (Å²) >= 11 is 5.64. The number of nitrogens with one attached hydrogen (secondary N) is 3. The smallest absolute Gasteiger partial charge is 0.319 e. The van der Waals surface area contributed by atoms with Crippen molar-refractivity contribution in [2.45, 2.75) is 0 Å². The van der Waals surface area contributed by atoms with Crippen LogP contribution in [0.2, 0.25) is 5.15 Å². The van der Waals surface area contributed by atoms with Crippen molar-refractivity contribution in [1.82, 2.24) is 20.5 Å². The molecule has 19 heavy (non-hydrogen) atoms. The van der Waals surface area contributed by atoms with E-state index >= 15 is 0 Å². The zero-order valence-electron chi connectivity index (χ0n) is 10.1. The average molecular weight is 284 g/mol. The lowest BCUT2D eigenvalue weighted by Gasteiger charge is -2.14. The third-order valence-corrected chi connectivity index (χ3v) is 2.82. The van der Waals surface area contributed by atoms with E-state index in [0.29, 0.717) is 37.0 Å². The molecule has 0 radical (unpaired) electrons. The Hall–Kier alpha value is -2.02. The van der Waals surface area contributed by atoms with E-state index in [4.69, 9.17) is 11.6 Å². The Morgan fingerprint density at radius 2 is 2.37 bits per heavy atom. The molecule has 1 fully saturated rings. The Kier molecular flexibility index (Phi) is 4.40. The average Bonchev–Trinajstić information content (AvgIpc) is 2.78. The van der Waals surface area contributed by atoms with Crippen molar-refractivity contribution in [2.75, 3.05) is 31.5 Å². The number of carbonyl (C=O) groups excluding carboxylic acids is 2. The summed E-state index contributed by atoms with van der Waals surface area (Å²) in [6.45, 7) is 2.20. The monoisotopic (exact) mass is 283 g/mol. The number of pyridine rings is 1. The molecule has 2 rings (SSSR count). The standard InChI is InChI=1S/C11H14ClN5O2/c12-9-2-1-8(7-15-9)16-10(18)13-3-5-17-6-4-14-11(17)19/h1-2,7H,3-6H2,(H,14,19)(H2,13,16,18). The molecule has 2 heterocycles. The third-order valence-electron chi connectivity index (χ3n) is 2.60. The van der Waals surface area contributed by atoms with Gasteiger partial charge in [-0.2, -0.15) is 0 Å². The van der Waals surface area contributed by atoms with Crippen LogP contribution in [0.15, 0.2) is 18.3 Å². The summed E-state index contributed by atoms with van der Waals surface area (Å²) in [5.74, 6) is 0. The minimum absolute atomic E-state index is 0.0934. The maximum Gasteiger partial charge on any atom is 0.319 e. The molecule has 4 amide bonds. The molecule has 1 aromatic heterocycles. The van der Waals surface area contributed by atoms with E-state index in [0.717, 1.165) is 0 Å². The topological polar surface area (TPSA) is 86.4 Å². The Labute approximate surface area is 115 Å². The predicted octanol–water partition coefficient (Wildman–Crippen LogP) is 0.882. The van der Waals surface area contributed by atoms with Crippen molar-refractivity contribution in [3.8, 4) is 0 Å². The van der Waals surface area contributed by atoms with Gasteiger partial charge in [0.2, 0.25) is 0 Å². The van der Waals surface area contributed by atoms with E-state index in [9.17, 15) is 9.59 Å². The van der Waals surface area contributed by atoms with Crippen LogP contribution in [0.3, 0.4) is 0 Å². The molecule has 102 valence electrons. The molecular weight excluding hydrogens is 270 g/mol. The van der Waals surface area contributed by atoms with Crippen LogP contribution in [-0.4, -0.2) is 48.1 Å². The number of aromatic nitrogens is 1. The zero-order chi connectivity index (χ0) is 13.7. The van der Waals surface area contributed by atoms with Crippen molar-refractivity contribution in [3.63, 3.8) is 0 Å². The summed E-state index contributed by atoms with van der Waals surface area (Å²) < 4.78 is 0. The number of hydrogen-bond acceptors (Lipinski definition) is 3. The normalized spacial score (nSPS) is 14.2. The summed E-state index contributed by atoms with van der Waals surface area (Å²) in [6, 6.07) is 2.81. The van der Waals surface area contributed by atoms with E-state index in [2.05, 4.69) is 20.9 Å². The van der Waals surface area contributed by atoms with Gasteiger partial charge >= 0.3 is 12.1 Å². The SMILES string of the molecule is O=C(NCCN1CCNC1=O)Nc1ccc(Cl)nc1. The fourth-order valence-electron chi connectivity index (χ4n) is 1.65. The summed E-state index contributed by atoms with van der Waals surface area (Å²) in [5.41, 5.74) is 0.556. The van der Waals surface area contributed by atoms with E-state index in [1.165, 1.54) is 6.20 Å². The second-order valence-electron chi connectivity index (χ2n) is 3.97. The molecule has 0 bridgehead atoms. The van der Waals surface area contributed by atoms with Crippen molar-refractivity contribution in [3.05, 3.63) is 23.5 Å². The summed E-state index contributed by atoms with van der Waals surface area (Å²) in [7, 11) is 0. The molecule has 0 unspecified atom stereocenters. The van der Waals surface area contributed by atoms with Crippen molar-refractivity contribution in [2.24, 2.45) is 0 Å². The molecule has 0 aromatic carbocycles. The van der Waals surface area contributed by atoms with E-state index < -0.39 is 0 Å². The van der Waals surface area contributed by atoms with Crippen LogP contribution < -0.4 is 16.0 Å². The number of urea groups is 2. The fourth-order valence-corrected chi connectivity index (χ4v) is 1.77. The van der Waals surface area contributed by atoms with Gasteiger partial charge in [-0.25, -0.2) is 14.6 Å². The number of rotatable bonds is 4. The van der Waals surface area contributed by atoms with Crippen LogP contribution in [-0.2, 0) is 0 Å². The number of anilines is 1. The van der Waals surface area contributed by atoms with Gasteiger partial charge < -0.3 is 20.9 Å². The highest BCUT2D eigenvalue weighted by atomic mass is 35.5. The molecule has 7 nitrogen and oxygen atoms in total. The van der Waals surface area contributed by atoms with E-state index in [-0.39, 0.29) is 12.1 Å². The highest BCUT2D eigenvalue weighted by Gasteiger charge is 2.18. The first-order chi connectivity index (χ1) is 9.15. The molecule has 0 saturated carbocycles. The maximum absolute atomic E-state index is 11.6. The lowest BCUT2D eigenvalue weighted by atomic mass is 10.4. The first-order valence-corrected chi connectivity index (χ1v) is 6.22. The Morgan fingerprint density at radius 3 is 3.00 bits per heavy atom. The summed E-state index contributed by atoms with van der Waals surface area (Å²) in [5, 5.41) is 8.33. The van der Waals surface area contributed by atoms with E-state index in [1.54, 1.807) is 17.0 Å². The molecule has 0 aliphatic carbocycles. The molecule has 1 aromatic rings. The highest BCUT2D eigenvalue weighted by Crippen LogP contribution is 2.09. The van der Waals surface area contributed by atoms with Gasteiger partial charge in [0.25, 0.3) is 0 Å². The predicted molar refractivity (Wildman–Crippen MR) is 71.2 cm³/mol. The lowest BCUT2D eigenvalue weighted by molar-refractivity contribution is 0.216. The van der Waals surface area contributed by atoms with Gasteiger partial charge in [-0.05, 0) is 12.1 Å². The largest absolute Gasteiger partial charge is 0.336 e. The maximum atomic E-state index is 11.6. The van der Waals surface area contributed by atoms with Gasteiger partial charge in [0.1, 0.15) is 5.15 Å². The van der Waals surface area contributed by atoms with E-state index in [1.807, 2.05) is 0 Å². The van der Waals surface area contributed by atoms with Crippen molar-refractivity contribution < 1.29 is 9.59 Å². The number of amides is 4. The molecule has 0 spiro atoms. The van der Waals surface area contributed by atoms with Gasteiger partial charge in [0, 0.05) is 26.2 Å². The van der Waals surface area contributed by atoms with Gasteiger partial charge in [-0.3, -0.25) is 0 Å². The molecule has 1 aliphatic heterocycles. The fraction of sp³-hybridized carbons (Fsp3) is 0.364. The molecular formula is C11H14ClN5O2. The Bertz CT molecular complexity index is 465. The molecule has 1 saturated heterocycles. The first-order valence-electron chi connectivity index (χ1n) is 5.84. The summed E-state index contributed by atoms with van der Waals surface area (Å²) in [6.07, 6.45) is 1.47. The van der Waals surface area contributed by atoms with Crippen LogP contribution >= 0.6 is 11.6 Å². The van der Waals surface area contributed by atoms with Crippen LogP contribution in [0.1, 0.15) is 0 Å². The molecule has 0 atom stereocenters. The minimum atomic E-state index is -0.344. The van der Waals surface area contributed by atoms with Crippen LogP contribution in [0, 0.1) is 0 Å². The Balaban J connectivity index is 1.69. The second kappa shape index (κ2) is 6.24. The van der Waals surface area contributed by atoms with Crippen LogP contribution in [0.25, 0.3) is 0 Å². The number of nitrogens with zero attached hydrogens (tertiary/aromatic N) is 2. The Morgan fingerprint density at radius 1 is 1.53 bits per heavy atom. The van der Waals surface area contributed by atoms with Crippen LogP contribution in [0.4, 0.5) is 15.3 Å². The quantitative estimate of drug-likeness (QED) is 0.717. The third kappa shape index (κ3) is 3.99. The van der Waals surface area contributed by atoms with Gasteiger partial charge in [0.15, 0.2) is 0 Å². The van der Waals surface area contributed by atoms with Crippen LogP contribution in [0.5, 0.6) is 0 Å².